The molecule has 4 heteroatoms. The second-order valence-corrected chi connectivity index (χ2v) is 5.03. The fourth-order valence-electron chi connectivity index (χ4n) is 1.88. The summed E-state index contributed by atoms with van der Waals surface area (Å²) in [4.78, 5) is 14.4. The monoisotopic (exact) mass is 289 g/mol. The lowest BCUT2D eigenvalue weighted by molar-refractivity contribution is 0.103. The van der Waals surface area contributed by atoms with E-state index in [2.05, 4.69) is 0 Å². The average molecular weight is 290 g/mol. The van der Waals surface area contributed by atoms with E-state index in [-0.39, 0.29) is 5.78 Å². The lowest BCUT2D eigenvalue weighted by atomic mass is 10.0. The summed E-state index contributed by atoms with van der Waals surface area (Å²) in [7, 11) is 5.45. The Morgan fingerprint density at radius 2 is 1.65 bits per heavy atom. The van der Waals surface area contributed by atoms with Gasteiger partial charge in [-0.25, -0.2) is 0 Å². The van der Waals surface area contributed by atoms with Crippen molar-refractivity contribution in [3.8, 4) is 5.75 Å². The molecular weight excluding hydrogens is 274 g/mol. The number of ketones is 1. The van der Waals surface area contributed by atoms with E-state index in [1.807, 2.05) is 43.3 Å². The van der Waals surface area contributed by atoms with E-state index < -0.39 is 0 Å². The standard InChI is InChI=1S/C16H16ClNO2/c1-18(2)13-7-4-11(5-8-13)16(19)12-6-9-14(17)15(10-12)20-3/h4-10H,1-3H3. The van der Waals surface area contributed by atoms with Gasteiger partial charge in [-0.15, -0.1) is 0 Å². The fraction of sp³-hybridized carbons (Fsp3) is 0.188. The summed E-state index contributed by atoms with van der Waals surface area (Å²) in [5, 5.41) is 0.493. The Hall–Kier alpha value is -2.00. The molecule has 0 aliphatic rings. The number of ether oxygens (including phenoxy) is 1. The minimum absolute atomic E-state index is 0.0507. The molecule has 0 saturated heterocycles. The number of rotatable bonds is 4. The molecule has 0 aromatic heterocycles. The zero-order valence-electron chi connectivity index (χ0n) is 11.7. The van der Waals surface area contributed by atoms with Crippen LogP contribution in [0.15, 0.2) is 42.5 Å². The van der Waals surface area contributed by atoms with Crippen molar-refractivity contribution in [1.82, 2.24) is 0 Å². The van der Waals surface area contributed by atoms with Gasteiger partial charge in [0.05, 0.1) is 12.1 Å². The zero-order chi connectivity index (χ0) is 14.7. The van der Waals surface area contributed by atoms with Crippen LogP contribution in [-0.2, 0) is 0 Å². The Balaban J connectivity index is 2.31. The first-order valence-electron chi connectivity index (χ1n) is 6.18. The summed E-state index contributed by atoms with van der Waals surface area (Å²) in [6.07, 6.45) is 0. The predicted molar refractivity (Wildman–Crippen MR) is 82.2 cm³/mol. The topological polar surface area (TPSA) is 29.5 Å². The van der Waals surface area contributed by atoms with E-state index in [9.17, 15) is 4.79 Å². The summed E-state index contributed by atoms with van der Waals surface area (Å²) >= 11 is 5.96. The Kier molecular flexibility index (Phi) is 4.30. The third kappa shape index (κ3) is 2.94. The maximum absolute atomic E-state index is 12.4. The number of benzene rings is 2. The summed E-state index contributed by atoms with van der Waals surface area (Å²) < 4.78 is 5.13. The quantitative estimate of drug-likeness (QED) is 0.805. The molecule has 0 aliphatic carbocycles. The predicted octanol–water partition coefficient (Wildman–Crippen LogP) is 3.65. The van der Waals surface area contributed by atoms with E-state index >= 15 is 0 Å². The van der Waals surface area contributed by atoms with Crippen molar-refractivity contribution >= 4 is 23.1 Å². The smallest absolute Gasteiger partial charge is 0.193 e. The van der Waals surface area contributed by atoms with Gasteiger partial charge in [0.25, 0.3) is 0 Å². The fourth-order valence-corrected chi connectivity index (χ4v) is 2.07. The molecule has 0 saturated carbocycles. The molecule has 0 aliphatic heterocycles. The normalized spacial score (nSPS) is 10.2. The zero-order valence-corrected chi connectivity index (χ0v) is 12.4. The number of hydrogen-bond donors (Lipinski definition) is 0. The van der Waals surface area contributed by atoms with E-state index in [1.54, 1.807) is 18.2 Å². The maximum Gasteiger partial charge on any atom is 0.193 e. The molecular formula is C16H16ClNO2. The number of halogens is 1. The highest BCUT2D eigenvalue weighted by molar-refractivity contribution is 6.32. The molecule has 0 radical (unpaired) electrons. The summed E-state index contributed by atoms with van der Waals surface area (Å²) in [6.45, 7) is 0. The van der Waals surface area contributed by atoms with E-state index in [0.29, 0.717) is 21.9 Å². The van der Waals surface area contributed by atoms with Gasteiger partial charge in [0.2, 0.25) is 0 Å². The first kappa shape index (κ1) is 14.4. The molecule has 0 N–H and O–H groups in total. The van der Waals surface area contributed by atoms with Gasteiger partial charge >= 0.3 is 0 Å². The van der Waals surface area contributed by atoms with Gasteiger partial charge in [-0.3, -0.25) is 4.79 Å². The second kappa shape index (κ2) is 5.97. The van der Waals surface area contributed by atoms with Crippen LogP contribution in [0.5, 0.6) is 5.75 Å². The van der Waals surface area contributed by atoms with E-state index in [4.69, 9.17) is 16.3 Å². The third-order valence-electron chi connectivity index (χ3n) is 3.06. The lowest BCUT2D eigenvalue weighted by Crippen LogP contribution is -2.09. The Morgan fingerprint density at radius 1 is 1.05 bits per heavy atom. The molecule has 0 fully saturated rings. The van der Waals surface area contributed by atoms with Crippen LogP contribution in [-0.4, -0.2) is 27.0 Å². The molecule has 3 nitrogen and oxygen atoms in total. The van der Waals surface area contributed by atoms with Gasteiger partial charge in [0.1, 0.15) is 5.75 Å². The van der Waals surface area contributed by atoms with Crippen molar-refractivity contribution < 1.29 is 9.53 Å². The maximum atomic E-state index is 12.4. The molecule has 0 amide bonds. The highest BCUT2D eigenvalue weighted by Gasteiger charge is 2.12. The number of carbonyl (C=O) groups excluding carboxylic acids is 1. The molecule has 20 heavy (non-hydrogen) atoms. The Labute approximate surface area is 123 Å². The molecule has 2 aromatic carbocycles. The number of anilines is 1. The van der Waals surface area contributed by atoms with Gasteiger partial charge in [-0.05, 0) is 42.5 Å². The molecule has 2 rings (SSSR count). The van der Waals surface area contributed by atoms with Crippen LogP contribution in [0.3, 0.4) is 0 Å². The van der Waals surface area contributed by atoms with Crippen LogP contribution in [0.1, 0.15) is 15.9 Å². The molecule has 0 atom stereocenters. The van der Waals surface area contributed by atoms with Crippen molar-refractivity contribution in [2.75, 3.05) is 26.1 Å². The van der Waals surface area contributed by atoms with E-state index in [0.717, 1.165) is 5.69 Å². The number of methoxy groups -OCH3 is 1. The first-order chi connectivity index (χ1) is 9.52. The average Bonchev–Trinajstić information content (AvgIpc) is 2.47. The van der Waals surface area contributed by atoms with Crippen LogP contribution in [0, 0.1) is 0 Å². The lowest BCUT2D eigenvalue weighted by Gasteiger charge is -2.12. The van der Waals surface area contributed by atoms with Gasteiger partial charge in [0, 0.05) is 30.9 Å². The minimum atomic E-state index is -0.0507. The van der Waals surface area contributed by atoms with Crippen LogP contribution < -0.4 is 9.64 Å². The SMILES string of the molecule is COc1cc(C(=O)c2ccc(N(C)C)cc2)ccc1Cl. The minimum Gasteiger partial charge on any atom is -0.495 e. The summed E-state index contributed by atoms with van der Waals surface area (Å²) in [6, 6.07) is 12.5. The van der Waals surface area contributed by atoms with Crippen molar-refractivity contribution in [3.05, 3.63) is 58.6 Å². The first-order valence-corrected chi connectivity index (χ1v) is 6.56. The molecule has 0 bridgehead atoms. The number of carbonyl (C=O) groups is 1. The van der Waals surface area contributed by atoms with Gasteiger partial charge in [0.15, 0.2) is 5.78 Å². The molecule has 104 valence electrons. The highest BCUT2D eigenvalue weighted by atomic mass is 35.5. The van der Waals surface area contributed by atoms with Crippen molar-refractivity contribution in [3.63, 3.8) is 0 Å². The van der Waals surface area contributed by atoms with Crippen LogP contribution in [0.25, 0.3) is 0 Å². The molecule has 0 spiro atoms. The van der Waals surface area contributed by atoms with Crippen LogP contribution in [0.2, 0.25) is 5.02 Å². The van der Waals surface area contributed by atoms with Crippen molar-refractivity contribution in [2.24, 2.45) is 0 Å². The highest BCUT2D eigenvalue weighted by Crippen LogP contribution is 2.26. The molecule has 2 aromatic rings. The largest absolute Gasteiger partial charge is 0.495 e. The van der Waals surface area contributed by atoms with Crippen LogP contribution in [0.4, 0.5) is 5.69 Å². The Morgan fingerprint density at radius 3 is 2.20 bits per heavy atom. The van der Waals surface area contributed by atoms with Crippen molar-refractivity contribution in [1.29, 1.82) is 0 Å². The van der Waals surface area contributed by atoms with Gasteiger partial charge < -0.3 is 9.64 Å². The van der Waals surface area contributed by atoms with Gasteiger partial charge in [-0.2, -0.15) is 0 Å². The number of hydrogen-bond acceptors (Lipinski definition) is 3. The summed E-state index contributed by atoms with van der Waals surface area (Å²) in [5.74, 6) is 0.452. The van der Waals surface area contributed by atoms with Crippen molar-refractivity contribution in [2.45, 2.75) is 0 Å². The molecule has 0 unspecified atom stereocenters. The third-order valence-corrected chi connectivity index (χ3v) is 3.37. The second-order valence-electron chi connectivity index (χ2n) is 4.62. The number of nitrogens with zero attached hydrogens (tertiary/aromatic N) is 1. The Bertz CT molecular complexity index is 621. The summed E-state index contributed by atoms with van der Waals surface area (Å²) in [5.41, 5.74) is 2.25. The van der Waals surface area contributed by atoms with E-state index in [1.165, 1.54) is 7.11 Å². The van der Waals surface area contributed by atoms with Crippen LogP contribution >= 0.6 is 11.6 Å². The molecule has 0 heterocycles. The van der Waals surface area contributed by atoms with Gasteiger partial charge in [-0.1, -0.05) is 11.6 Å².